The Morgan fingerprint density at radius 2 is 1.54 bits per heavy atom. The van der Waals surface area contributed by atoms with Crippen molar-refractivity contribution in [2.24, 2.45) is 0 Å². The number of esters is 1. The quantitative estimate of drug-likeness (QED) is 0.493. The number of Topliss-reactive ketones (excluding diaryl/α,β-unsaturated/α-hetero) is 1. The van der Waals surface area contributed by atoms with Crippen molar-refractivity contribution in [3.63, 3.8) is 0 Å². The van der Waals surface area contributed by atoms with Crippen LogP contribution in [0.2, 0.25) is 0 Å². The van der Waals surface area contributed by atoms with Crippen molar-refractivity contribution in [2.75, 3.05) is 36.7 Å². The van der Waals surface area contributed by atoms with Gasteiger partial charge in [-0.15, -0.1) is 0 Å². The molecular weight excluding hydrogens is 438 g/mol. The lowest BCUT2D eigenvalue weighted by atomic mass is 9.78. The van der Waals surface area contributed by atoms with Crippen LogP contribution in [0.25, 0.3) is 0 Å². The van der Waals surface area contributed by atoms with Crippen molar-refractivity contribution in [2.45, 2.75) is 24.8 Å². The minimum Gasteiger partial charge on any atom is -0.465 e. The number of carbonyl (C=O) groups is 2. The second-order valence-electron chi connectivity index (χ2n) is 9.27. The number of fused-ring (bicyclic) bond motifs is 1. The second kappa shape index (κ2) is 9.29. The summed E-state index contributed by atoms with van der Waals surface area (Å²) in [6.07, 6.45) is 1.20. The molecule has 0 saturated heterocycles. The van der Waals surface area contributed by atoms with Gasteiger partial charge in [-0.1, -0.05) is 36.4 Å². The van der Waals surface area contributed by atoms with E-state index in [-0.39, 0.29) is 23.7 Å². The summed E-state index contributed by atoms with van der Waals surface area (Å²) < 4.78 is 4.83. The Morgan fingerprint density at radius 1 is 0.886 bits per heavy atom. The fourth-order valence-corrected chi connectivity index (χ4v) is 4.95. The third kappa shape index (κ3) is 4.39. The molecule has 3 aromatic carbocycles. The van der Waals surface area contributed by atoms with E-state index in [1.807, 2.05) is 50.5 Å². The number of para-hydroxylation sites is 2. The number of nitrogens with zero attached hydrogens (tertiary/aromatic N) is 1. The third-order valence-electron chi connectivity index (χ3n) is 6.85. The highest BCUT2D eigenvalue weighted by molar-refractivity contribution is 6.01. The first-order valence-corrected chi connectivity index (χ1v) is 11.8. The lowest BCUT2D eigenvalue weighted by Crippen LogP contribution is -2.27. The van der Waals surface area contributed by atoms with E-state index in [1.165, 1.54) is 12.7 Å². The van der Waals surface area contributed by atoms with Gasteiger partial charge in [0.05, 0.1) is 30.1 Å². The van der Waals surface area contributed by atoms with Gasteiger partial charge in [0.25, 0.3) is 0 Å². The van der Waals surface area contributed by atoms with Crippen LogP contribution in [0.4, 0.5) is 17.1 Å². The maximum absolute atomic E-state index is 13.7. The van der Waals surface area contributed by atoms with Crippen LogP contribution in [-0.4, -0.2) is 33.0 Å². The number of benzene rings is 3. The highest BCUT2D eigenvalue weighted by Crippen LogP contribution is 2.44. The molecule has 5 rings (SSSR count). The van der Waals surface area contributed by atoms with E-state index in [1.54, 1.807) is 12.1 Å². The number of carbonyl (C=O) groups excluding carboxylic acids is 2. The minimum atomic E-state index is -0.380. The molecule has 1 aliphatic carbocycles. The van der Waals surface area contributed by atoms with Crippen LogP contribution in [0.5, 0.6) is 0 Å². The van der Waals surface area contributed by atoms with E-state index in [2.05, 4.69) is 39.8 Å². The Bertz CT molecular complexity index is 1290. The van der Waals surface area contributed by atoms with E-state index in [0.717, 1.165) is 40.3 Å². The highest BCUT2D eigenvalue weighted by atomic mass is 16.5. The molecule has 1 aliphatic heterocycles. The van der Waals surface area contributed by atoms with Gasteiger partial charge in [-0.2, -0.15) is 0 Å². The lowest BCUT2D eigenvalue weighted by molar-refractivity contribution is -0.116. The number of rotatable bonds is 4. The van der Waals surface area contributed by atoms with Crippen molar-refractivity contribution in [1.29, 1.82) is 0 Å². The molecule has 0 spiro atoms. The van der Waals surface area contributed by atoms with Crippen molar-refractivity contribution in [3.8, 4) is 0 Å². The number of hydrogen-bond acceptors (Lipinski definition) is 6. The first-order chi connectivity index (χ1) is 16.9. The average molecular weight is 468 g/mol. The number of nitrogens with one attached hydrogen (secondary N) is 2. The van der Waals surface area contributed by atoms with E-state index in [0.29, 0.717) is 12.0 Å². The Labute approximate surface area is 205 Å². The Hall–Kier alpha value is -4.06. The lowest BCUT2D eigenvalue weighted by Gasteiger charge is -2.30. The summed E-state index contributed by atoms with van der Waals surface area (Å²) in [6.45, 7) is 0. The summed E-state index contributed by atoms with van der Waals surface area (Å²) in [5.41, 5.74) is 7.29. The molecule has 2 aliphatic rings. The van der Waals surface area contributed by atoms with Gasteiger partial charge < -0.3 is 20.3 Å². The van der Waals surface area contributed by atoms with Crippen molar-refractivity contribution < 1.29 is 14.3 Å². The fraction of sp³-hybridized carbons (Fsp3) is 0.241. The van der Waals surface area contributed by atoms with Crippen molar-refractivity contribution in [3.05, 3.63) is 101 Å². The molecule has 0 amide bonds. The number of anilines is 3. The second-order valence-corrected chi connectivity index (χ2v) is 9.27. The smallest absolute Gasteiger partial charge is 0.337 e. The topological polar surface area (TPSA) is 70.7 Å². The summed E-state index contributed by atoms with van der Waals surface area (Å²) in [6, 6.07) is 23.4. The van der Waals surface area contributed by atoms with Gasteiger partial charge in [0.2, 0.25) is 0 Å². The van der Waals surface area contributed by atoms with Crippen LogP contribution >= 0.6 is 0 Å². The first-order valence-electron chi connectivity index (χ1n) is 11.8. The molecule has 0 fully saturated rings. The number of hydrogen-bond donors (Lipinski definition) is 2. The Balaban J connectivity index is 1.53. The van der Waals surface area contributed by atoms with Crippen LogP contribution in [0.15, 0.2) is 84.1 Å². The van der Waals surface area contributed by atoms with E-state index in [9.17, 15) is 9.59 Å². The maximum atomic E-state index is 13.7. The van der Waals surface area contributed by atoms with Crippen LogP contribution in [0, 0.1) is 0 Å². The summed E-state index contributed by atoms with van der Waals surface area (Å²) in [5.74, 6) is -0.144. The molecule has 6 heteroatoms. The predicted octanol–water partition coefficient (Wildman–Crippen LogP) is 5.52. The fourth-order valence-electron chi connectivity index (χ4n) is 4.95. The van der Waals surface area contributed by atoms with Gasteiger partial charge in [-0.3, -0.25) is 4.79 Å². The number of methoxy groups -OCH3 is 1. The summed E-state index contributed by atoms with van der Waals surface area (Å²) in [5, 5.41) is 7.15. The van der Waals surface area contributed by atoms with Gasteiger partial charge in [0, 0.05) is 37.5 Å². The Morgan fingerprint density at radius 3 is 2.20 bits per heavy atom. The summed E-state index contributed by atoms with van der Waals surface area (Å²) >= 11 is 0. The molecule has 0 saturated carbocycles. The zero-order valence-corrected chi connectivity index (χ0v) is 20.2. The largest absolute Gasteiger partial charge is 0.465 e. The number of ether oxygens (including phenoxy) is 1. The first kappa shape index (κ1) is 22.7. The number of allylic oxidation sites excluding steroid dienone is 1. The summed E-state index contributed by atoms with van der Waals surface area (Å²) in [7, 11) is 5.41. The minimum absolute atomic E-state index is 0.109. The monoisotopic (exact) mass is 467 g/mol. The molecule has 35 heavy (non-hydrogen) atoms. The molecule has 2 N–H and O–H groups in total. The van der Waals surface area contributed by atoms with E-state index >= 15 is 0 Å². The van der Waals surface area contributed by atoms with Crippen molar-refractivity contribution >= 4 is 28.8 Å². The molecule has 0 aromatic heterocycles. The zero-order chi connectivity index (χ0) is 24.5. The molecule has 2 unspecified atom stereocenters. The third-order valence-corrected chi connectivity index (χ3v) is 6.85. The average Bonchev–Trinajstić information content (AvgIpc) is 3.05. The molecule has 1 heterocycles. The van der Waals surface area contributed by atoms with Crippen LogP contribution in [-0.2, 0) is 9.53 Å². The van der Waals surface area contributed by atoms with Gasteiger partial charge in [-0.25, -0.2) is 4.79 Å². The molecule has 3 aromatic rings. The zero-order valence-electron chi connectivity index (χ0n) is 20.2. The maximum Gasteiger partial charge on any atom is 0.337 e. The van der Waals surface area contributed by atoms with Gasteiger partial charge in [-0.05, 0) is 59.9 Å². The molecular formula is C29H29N3O3. The van der Waals surface area contributed by atoms with Gasteiger partial charge in [0.1, 0.15) is 0 Å². The SMILES string of the molecule is COC(=O)c1ccc(C2Nc3ccccc3NC3=C2C(=O)CC(c2ccc(N(C)C)cc2)C3)cc1. The molecule has 6 nitrogen and oxygen atoms in total. The Kier molecular flexibility index (Phi) is 6.03. The molecule has 2 atom stereocenters. The standard InChI is InChI=1S/C29H29N3O3/c1-32(2)22-14-12-18(13-15-22)21-16-25-27(26(33)17-21)28(31-24-7-5-4-6-23(24)30-25)19-8-10-20(11-9-19)29(34)35-3/h4-15,21,28,30-31H,16-17H2,1-3H3. The van der Waals surface area contributed by atoms with Crippen molar-refractivity contribution in [1.82, 2.24) is 0 Å². The van der Waals surface area contributed by atoms with Crippen LogP contribution in [0.3, 0.4) is 0 Å². The van der Waals surface area contributed by atoms with Gasteiger partial charge in [0.15, 0.2) is 5.78 Å². The molecule has 178 valence electrons. The normalized spacial score (nSPS) is 19.0. The van der Waals surface area contributed by atoms with Crippen LogP contribution in [0.1, 0.15) is 46.3 Å². The van der Waals surface area contributed by atoms with E-state index in [4.69, 9.17) is 4.74 Å². The number of ketones is 1. The van der Waals surface area contributed by atoms with Gasteiger partial charge >= 0.3 is 5.97 Å². The molecule has 0 radical (unpaired) electrons. The highest BCUT2D eigenvalue weighted by Gasteiger charge is 2.36. The predicted molar refractivity (Wildman–Crippen MR) is 139 cm³/mol. The van der Waals surface area contributed by atoms with Crippen LogP contribution < -0.4 is 15.5 Å². The molecule has 0 bridgehead atoms. The summed E-state index contributed by atoms with van der Waals surface area (Å²) in [4.78, 5) is 27.7. The van der Waals surface area contributed by atoms with E-state index < -0.39 is 0 Å².